The number of carbonyl (C=O) groups is 2. The lowest BCUT2D eigenvalue weighted by atomic mass is 9.99. The summed E-state index contributed by atoms with van der Waals surface area (Å²) in [5.41, 5.74) is -0.124. The molecule has 1 aromatic rings. The number of phenolic OH excluding ortho intramolecular Hbond substituents is 2. The second-order valence-electron chi connectivity index (χ2n) is 5.63. The number of ether oxygens (including phenoxy) is 1. The van der Waals surface area contributed by atoms with E-state index in [1.165, 1.54) is 6.08 Å². The highest BCUT2D eigenvalue weighted by atomic mass is 35.5. The molecule has 1 aliphatic heterocycles. The zero-order valence-electron chi connectivity index (χ0n) is 13.3. The molecular weight excluding hydrogens is 332 g/mol. The molecule has 0 saturated carbocycles. The summed E-state index contributed by atoms with van der Waals surface area (Å²) < 4.78 is 5.31. The third-order valence-electron chi connectivity index (χ3n) is 3.62. The number of hydrogen-bond acceptors (Lipinski definition) is 5. The molecule has 0 aromatic heterocycles. The number of aromatic hydroxyl groups is 2. The number of halogens is 1. The third-order valence-corrected chi connectivity index (χ3v) is 4.04. The van der Waals surface area contributed by atoms with Gasteiger partial charge in [0.05, 0.1) is 5.02 Å². The molecule has 2 N–H and O–H groups in total. The largest absolute Gasteiger partial charge is 0.507 e. The maximum Gasteiger partial charge on any atom is 0.342 e. The van der Waals surface area contributed by atoms with Gasteiger partial charge in [-0.15, -0.1) is 0 Å². The van der Waals surface area contributed by atoms with Crippen molar-refractivity contribution in [2.75, 3.05) is 0 Å². The molecule has 6 heteroatoms. The van der Waals surface area contributed by atoms with Crippen molar-refractivity contribution < 1.29 is 24.5 Å². The van der Waals surface area contributed by atoms with E-state index in [2.05, 4.69) is 0 Å². The van der Waals surface area contributed by atoms with Crippen molar-refractivity contribution in [1.29, 1.82) is 0 Å². The van der Waals surface area contributed by atoms with E-state index in [4.69, 9.17) is 16.3 Å². The first kappa shape index (κ1) is 18.1. The Morgan fingerprint density at radius 1 is 1.12 bits per heavy atom. The van der Waals surface area contributed by atoms with Crippen LogP contribution in [-0.2, 0) is 16.0 Å². The van der Waals surface area contributed by atoms with E-state index in [1.807, 2.05) is 12.2 Å². The SMILES string of the molecule is C[C@@H]1C/C=C\CC/C=C\C(=O)Cc2c(Cl)c(O)cc(O)c2C(=O)O1. The quantitative estimate of drug-likeness (QED) is 0.550. The van der Waals surface area contributed by atoms with Crippen molar-refractivity contribution in [3.05, 3.63) is 46.5 Å². The zero-order chi connectivity index (χ0) is 17.7. The number of carbonyl (C=O) groups excluding carboxylic acids is 2. The zero-order valence-corrected chi connectivity index (χ0v) is 14.0. The summed E-state index contributed by atoms with van der Waals surface area (Å²) in [5, 5.41) is 19.7. The van der Waals surface area contributed by atoms with Crippen LogP contribution in [0.1, 0.15) is 42.1 Å². The third kappa shape index (κ3) is 4.38. The van der Waals surface area contributed by atoms with Crippen molar-refractivity contribution in [2.45, 2.75) is 38.7 Å². The predicted octanol–water partition coefficient (Wildman–Crippen LogP) is 3.70. The Morgan fingerprint density at radius 3 is 2.58 bits per heavy atom. The minimum Gasteiger partial charge on any atom is -0.507 e. The molecule has 0 radical (unpaired) electrons. The Balaban J connectivity index is 2.49. The van der Waals surface area contributed by atoms with Gasteiger partial charge in [0.25, 0.3) is 0 Å². The molecule has 0 amide bonds. The van der Waals surface area contributed by atoms with Crippen LogP contribution in [0, 0.1) is 0 Å². The smallest absolute Gasteiger partial charge is 0.342 e. The molecule has 2 rings (SSSR count). The van der Waals surface area contributed by atoms with Crippen molar-refractivity contribution in [3.8, 4) is 11.5 Å². The van der Waals surface area contributed by atoms with Crippen molar-refractivity contribution >= 4 is 23.4 Å². The first-order chi connectivity index (χ1) is 11.4. The molecule has 0 fully saturated rings. The van der Waals surface area contributed by atoms with E-state index < -0.39 is 23.6 Å². The van der Waals surface area contributed by atoms with Gasteiger partial charge < -0.3 is 14.9 Å². The molecule has 0 bridgehead atoms. The minimum atomic E-state index is -0.779. The fourth-order valence-corrected chi connectivity index (χ4v) is 2.63. The Morgan fingerprint density at radius 2 is 1.83 bits per heavy atom. The normalized spacial score (nSPS) is 22.2. The van der Waals surface area contributed by atoms with Crippen molar-refractivity contribution in [2.24, 2.45) is 0 Å². The molecule has 0 saturated heterocycles. The first-order valence-electron chi connectivity index (χ1n) is 7.68. The van der Waals surface area contributed by atoms with Gasteiger partial charge in [0.2, 0.25) is 0 Å². The van der Waals surface area contributed by atoms with Crippen LogP contribution in [-0.4, -0.2) is 28.1 Å². The average molecular weight is 351 g/mol. The van der Waals surface area contributed by atoms with Gasteiger partial charge >= 0.3 is 5.97 Å². The molecule has 5 nitrogen and oxygen atoms in total. The summed E-state index contributed by atoms with van der Waals surface area (Å²) in [6, 6.07) is 0.969. The molecule has 1 atom stereocenters. The number of ketones is 1. The van der Waals surface area contributed by atoms with Gasteiger partial charge in [-0.25, -0.2) is 4.79 Å². The van der Waals surface area contributed by atoms with Crippen LogP contribution >= 0.6 is 11.6 Å². The lowest BCUT2D eigenvalue weighted by molar-refractivity contribution is -0.114. The lowest BCUT2D eigenvalue weighted by Gasteiger charge is -2.16. The van der Waals surface area contributed by atoms with E-state index >= 15 is 0 Å². The molecular formula is C18H19ClO5. The molecule has 128 valence electrons. The van der Waals surface area contributed by atoms with Crippen molar-refractivity contribution in [1.82, 2.24) is 0 Å². The van der Waals surface area contributed by atoms with E-state index in [9.17, 15) is 19.8 Å². The summed E-state index contributed by atoms with van der Waals surface area (Å²) in [6.07, 6.45) is 8.44. The maximum absolute atomic E-state index is 12.4. The second-order valence-corrected chi connectivity index (χ2v) is 6.01. The number of allylic oxidation sites excluding steroid dienone is 3. The number of cyclic esters (lactones) is 1. The summed E-state index contributed by atoms with van der Waals surface area (Å²) >= 11 is 6.05. The standard InChI is InChI=1S/C18H19ClO5/c1-11-7-5-3-2-4-6-8-12(20)9-13-16(18(23)24-11)14(21)10-15(22)17(13)19/h3,5-6,8,10-11,21-22H,2,4,7,9H2,1H3/b5-3-,8-6-/t11-/m1/s1. The molecule has 0 unspecified atom stereocenters. The van der Waals surface area contributed by atoms with Gasteiger partial charge in [-0.3, -0.25) is 4.79 Å². The fourth-order valence-electron chi connectivity index (χ4n) is 2.41. The highest BCUT2D eigenvalue weighted by molar-refractivity contribution is 6.33. The van der Waals surface area contributed by atoms with Crippen molar-refractivity contribution in [3.63, 3.8) is 0 Å². The number of rotatable bonds is 0. The Bertz CT molecular complexity index is 706. The number of phenols is 2. The van der Waals surface area contributed by atoms with Crippen LogP contribution in [0.25, 0.3) is 0 Å². The van der Waals surface area contributed by atoms with E-state index in [1.54, 1.807) is 13.0 Å². The predicted molar refractivity (Wildman–Crippen MR) is 90.5 cm³/mol. The number of fused-ring (bicyclic) bond motifs is 1. The molecule has 0 aliphatic carbocycles. The van der Waals surface area contributed by atoms with E-state index in [-0.39, 0.29) is 28.4 Å². The summed E-state index contributed by atoms with van der Waals surface area (Å²) in [6.45, 7) is 1.73. The first-order valence-corrected chi connectivity index (χ1v) is 8.06. The Labute approximate surface area is 145 Å². The summed E-state index contributed by atoms with van der Waals surface area (Å²) in [7, 11) is 0. The Hall–Kier alpha value is -2.27. The van der Waals surface area contributed by atoms with Gasteiger partial charge in [-0.2, -0.15) is 0 Å². The van der Waals surface area contributed by atoms with Crippen LogP contribution in [0.15, 0.2) is 30.4 Å². The number of esters is 1. The topological polar surface area (TPSA) is 83.8 Å². The molecule has 0 spiro atoms. The lowest BCUT2D eigenvalue weighted by Crippen LogP contribution is -2.17. The number of hydrogen-bond donors (Lipinski definition) is 2. The fraction of sp³-hybridized carbons (Fsp3) is 0.333. The molecule has 1 aliphatic rings. The van der Waals surface area contributed by atoms with Gasteiger partial charge in [0.1, 0.15) is 23.2 Å². The minimum absolute atomic E-state index is 0.0635. The molecule has 1 aromatic carbocycles. The second kappa shape index (κ2) is 8.02. The monoisotopic (exact) mass is 350 g/mol. The average Bonchev–Trinajstić information content (AvgIpc) is 2.50. The summed E-state index contributed by atoms with van der Waals surface area (Å²) in [4.78, 5) is 24.5. The highest BCUT2D eigenvalue weighted by Gasteiger charge is 2.25. The van der Waals surface area contributed by atoms with Gasteiger partial charge in [-0.05, 0) is 25.8 Å². The number of benzene rings is 1. The summed E-state index contributed by atoms with van der Waals surface area (Å²) in [5.74, 6) is -1.93. The maximum atomic E-state index is 12.4. The molecule has 24 heavy (non-hydrogen) atoms. The van der Waals surface area contributed by atoms with Crippen LogP contribution in [0.5, 0.6) is 11.5 Å². The Kier molecular flexibility index (Phi) is 6.04. The van der Waals surface area contributed by atoms with Crippen LogP contribution < -0.4 is 0 Å². The van der Waals surface area contributed by atoms with Gasteiger partial charge in [0.15, 0.2) is 5.78 Å². The molecule has 1 heterocycles. The van der Waals surface area contributed by atoms with Gasteiger partial charge in [-0.1, -0.05) is 29.8 Å². The highest BCUT2D eigenvalue weighted by Crippen LogP contribution is 2.37. The van der Waals surface area contributed by atoms with Crippen LogP contribution in [0.4, 0.5) is 0 Å². The van der Waals surface area contributed by atoms with E-state index in [0.717, 1.165) is 12.5 Å². The van der Waals surface area contributed by atoms with E-state index in [0.29, 0.717) is 12.8 Å². The van der Waals surface area contributed by atoms with Crippen LogP contribution in [0.2, 0.25) is 5.02 Å². The van der Waals surface area contributed by atoms with Crippen LogP contribution in [0.3, 0.4) is 0 Å². The van der Waals surface area contributed by atoms with Gasteiger partial charge in [0, 0.05) is 24.5 Å².